The van der Waals surface area contributed by atoms with Gasteiger partial charge in [0.1, 0.15) is 5.82 Å². The molecule has 1 aromatic rings. The lowest BCUT2D eigenvalue weighted by Crippen LogP contribution is -2.34. The second-order valence-electron chi connectivity index (χ2n) is 5.58. The van der Waals surface area contributed by atoms with Crippen LogP contribution in [0.1, 0.15) is 29.3 Å². The molecular weight excluding hydrogens is 293 g/mol. The summed E-state index contributed by atoms with van der Waals surface area (Å²) in [7, 11) is 0. The van der Waals surface area contributed by atoms with Crippen LogP contribution in [0, 0.1) is 11.2 Å². The molecule has 0 spiro atoms. The quantitative estimate of drug-likeness (QED) is 0.928. The van der Waals surface area contributed by atoms with Gasteiger partial charge in [-0.1, -0.05) is 0 Å². The molecule has 0 radical (unpaired) electrons. The summed E-state index contributed by atoms with van der Waals surface area (Å²) in [4.78, 5) is 25.2. The van der Waals surface area contributed by atoms with E-state index >= 15 is 0 Å². The molecular formula is C15H18FNO3S. The van der Waals surface area contributed by atoms with Crippen LogP contribution in [0.3, 0.4) is 0 Å². The standard InChI is InChI=1S/C15H18FNO3S/c1-15(14(19)20)5-6-17(9-15)13(18)10-3-4-12(16)11(7-10)8-21-2/h3-4,7H,5-6,8-9H2,1-2H3,(H,19,20)/t15-/m1/s1. The zero-order valence-corrected chi connectivity index (χ0v) is 12.9. The van der Waals surface area contributed by atoms with Crippen molar-refractivity contribution in [2.24, 2.45) is 5.41 Å². The summed E-state index contributed by atoms with van der Waals surface area (Å²) >= 11 is 1.48. The molecule has 4 nitrogen and oxygen atoms in total. The first kappa shape index (κ1) is 15.8. The molecule has 1 amide bonds. The number of hydrogen-bond acceptors (Lipinski definition) is 3. The lowest BCUT2D eigenvalue weighted by molar-refractivity contribution is -0.147. The molecule has 1 atom stereocenters. The number of halogens is 1. The molecule has 6 heteroatoms. The SMILES string of the molecule is CSCc1cc(C(=O)N2CC[C@@](C)(C(=O)O)C2)ccc1F. The van der Waals surface area contributed by atoms with Crippen LogP contribution in [0.25, 0.3) is 0 Å². The van der Waals surface area contributed by atoms with Gasteiger partial charge in [-0.15, -0.1) is 0 Å². The van der Waals surface area contributed by atoms with Crippen LogP contribution in [0.2, 0.25) is 0 Å². The van der Waals surface area contributed by atoms with E-state index in [0.717, 1.165) is 0 Å². The molecule has 1 aliphatic rings. The fourth-order valence-electron chi connectivity index (χ4n) is 2.47. The number of rotatable bonds is 4. The van der Waals surface area contributed by atoms with Gasteiger partial charge in [-0.3, -0.25) is 9.59 Å². The molecule has 0 bridgehead atoms. The number of carboxylic acids is 1. The van der Waals surface area contributed by atoms with Crippen molar-refractivity contribution in [3.63, 3.8) is 0 Å². The fraction of sp³-hybridized carbons (Fsp3) is 0.467. The van der Waals surface area contributed by atoms with Crippen molar-refractivity contribution >= 4 is 23.6 Å². The first-order valence-electron chi connectivity index (χ1n) is 6.67. The minimum atomic E-state index is -0.891. The van der Waals surface area contributed by atoms with E-state index in [1.807, 2.05) is 6.26 Å². The Hall–Kier alpha value is -1.56. The molecule has 0 unspecified atom stereocenters. The van der Waals surface area contributed by atoms with E-state index in [9.17, 15) is 19.1 Å². The predicted molar refractivity (Wildman–Crippen MR) is 79.9 cm³/mol. The van der Waals surface area contributed by atoms with Gasteiger partial charge in [0.2, 0.25) is 0 Å². The maximum Gasteiger partial charge on any atom is 0.311 e. The Morgan fingerprint density at radius 1 is 1.48 bits per heavy atom. The van der Waals surface area contributed by atoms with Crippen LogP contribution in [0.5, 0.6) is 0 Å². The third-order valence-electron chi connectivity index (χ3n) is 3.87. The molecule has 1 heterocycles. The molecule has 1 aliphatic heterocycles. The molecule has 1 N–H and O–H groups in total. The number of nitrogens with zero attached hydrogens (tertiary/aromatic N) is 1. The normalized spacial score (nSPS) is 21.6. The number of benzene rings is 1. The summed E-state index contributed by atoms with van der Waals surface area (Å²) in [6, 6.07) is 4.31. The number of hydrogen-bond donors (Lipinski definition) is 1. The summed E-state index contributed by atoms with van der Waals surface area (Å²) in [6.07, 6.45) is 2.31. The molecule has 1 fully saturated rings. The number of aliphatic carboxylic acids is 1. The van der Waals surface area contributed by atoms with Gasteiger partial charge in [-0.05, 0) is 43.4 Å². The van der Waals surface area contributed by atoms with E-state index in [1.165, 1.54) is 28.8 Å². The van der Waals surface area contributed by atoms with Crippen LogP contribution >= 0.6 is 11.8 Å². The Kier molecular flexibility index (Phi) is 4.56. The zero-order chi connectivity index (χ0) is 15.6. The summed E-state index contributed by atoms with van der Waals surface area (Å²) in [6.45, 7) is 2.25. The van der Waals surface area contributed by atoms with E-state index in [1.54, 1.807) is 13.0 Å². The lowest BCUT2D eigenvalue weighted by atomic mass is 9.90. The van der Waals surface area contributed by atoms with Crippen molar-refractivity contribution in [2.45, 2.75) is 19.1 Å². The number of carboxylic acid groups (broad SMARTS) is 1. The monoisotopic (exact) mass is 311 g/mol. The van der Waals surface area contributed by atoms with Gasteiger partial charge >= 0.3 is 5.97 Å². The number of thioether (sulfide) groups is 1. The van der Waals surface area contributed by atoms with Gasteiger partial charge < -0.3 is 10.0 Å². The highest BCUT2D eigenvalue weighted by atomic mass is 32.2. The third kappa shape index (κ3) is 3.20. The summed E-state index contributed by atoms with van der Waals surface area (Å²) < 4.78 is 13.6. The van der Waals surface area contributed by atoms with Gasteiger partial charge in [-0.2, -0.15) is 11.8 Å². The highest BCUT2D eigenvalue weighted by Crippen LogP contribution is 2.31. The summed E-state index contributed by atoms with van der Waals surface area (Å²) in [5.41, 5.74) is 0.0151. The average molecular weight is 311 g/mol. The van der Waals surface area contributed by atoms with Gasteiger partial charge in [0.05, 0.1) is 5.41 Å². The first-order valence-corrected chi connectivity index (χ1v) is 8.07. The fourth-order valence-corrected chi connectivity index (χ4v) is 3.00. The smallest absolute Gasteiger partial charge is 0.311 e. The van der Waals surface area contributed by atoms with Crippen molar-refractivity contribution < 1.29 is 19.1 Å². The van der Waals surface area contributed by atoms with Crippen molar-refractivity contribution in [1.82, 2.24) is 4.90 Å². The third-order valence-corrected chi connectivity index (χ3v) is 4.47. The van der Waals surface area contributed by atoms with Gasteiger partial charge in [-0.25, -0.2) is 4.39 Å². The van der Waals surface area contributed by atoms with Crippen molar-refractivity contribution in [3.8, 4) is 0 Å². The van der Waals surface area contributed by atoms with E-state index in [2.05, 4.69) is 0 Å². The molecule has 0 aromatic heterocycles. The maximum atomic E-state index is 13.6. The van der Waals surface area contributed by atoms with E-state index in [0.29, 0.717) is 29.8 Å². The van der Waals surface area contributed by atoms with Crippen LogP contribution in [-0.2, 0) is 10.5 Å². The number of carbonyl (C=O) groups is 2. The van der Waals surface area contributed by atoms with E-state index in [4.69, 9.17) is 0 Å². The summed E-state index contributed by atoms with van der Waals surface area (Å²) in [5, 5.41) is 9.20. The Morgan fingerprint density at radius 2 is 2.19 bits per heavy atom. The molecule has 21 heavy (non-hydrogen) atoms. The number of likely N-dealkylation sites (tertiary alicyclic amines) is 1. The highest BCUT2D eigenvalue weighted by Gasteiger charge is 2.42. The minimum absolute atomic E-state index is 0.191. The van der Waals surface area contributed by atoms with Crippen LogP contribution in [0.4, 0.5) is 4.39 Å². The van der Waals surface area contributed by atoms with Crippen molar-refractivity contribution in [2.75, 3.05) is 19.3 Å². The van der Waals surface area contributed by atoms with E-state index in [-0.39, 0.29) is 18.3 Å². The van der Waals surface area contributed by atoms with Crippen LogP contribution in [-0.4, -0.2) is 41.2 Å². The highest BCUT2D eigenvalue weighted by molar-refractivity contribution is 7.97. The Labute approximate surface area is 127 Å². The predicted octanol–water partition coefficient (Wildman–Crippen LogP) is 2.63. The maximum absolute atomic E-state index is 13.6. The Bertz CT molecular complexity index is 578. The zero-order valence-electron chi connectivity index (χ0n) is 12.1. The topological polar surface area (TPSA) is 57.6 Å². The first-order chi connectivity index (χ1) is 9.87. The van der Waals surface area contributed by atoms with Crippen LogP contribution in [0.15, 0.2) is 18.2 Å². The van der Waals surface area contributed by atoms with E-state index < -0.39 is 11.4 Å². The number of amides is 1. The average Bonchev–Trinajstić information content (AvgIpc) is 2.85. The molecule has 2 rings (SSSR count). The van der Waals surface area contributed by atoms with Crippen molar-refractivity contribution in [1.29, 1.82) is 0 Å². The largest absolute Gasteiger partial charge is 0.481 e. The second kappa shape index (κ2) is 6.05. The lowest BCUT2D eigenvalue weighted by Gasteiger charge is -2.20. The van der Waals surface area contributed by atoms with Gasteiger partial charge in [0, 0.05) is 24.4 Å². The number of carbonyl (C=O) groups excluding carboxylic acids is 1. The molecule has 0 saturated carbocycles. The van der Waals surface area contributed by atoms with Crippen molar-refractivity contribution in [3.05, 3.63) is 35.1 Å². The molecule has 114 valence electrons. The summed E-state index contributed by atoms with van der Waals surface area (Å²) in [5.74, 6) is -0.945. The second-order valence-corrected chi connectivity index (χ2v) is 6.45. The molecule has 1 aromatic carbocycles. The molecule has 1 saturated heterocycles. The van der Waals surface area contributed by atoms with Crippen LogP contribution < -0.4 is 0 Å². The van der Waals surface area contributed by atoms with Gasteiger partial charge in [0.15, 0.2) is 0 Å². The Morgan fingerprint density at radius 3 is 2.76 bits per heavy atom. The Balaban J connectivity index is 2.18. The molecule has 0 aliphatic carbocycles. The van der Waals surface area contributed by atoms with Gasteiger partial charge in [0.25, 0.3) is 5.91 Å². The minimum Gasteiger partial charge on any atom is -0.481 e.